The van der Waals surface area contributed by atoms with E-state index in [0.29, 0.717) is 0 Å². The molecular weight excluding hydrogens is 526 g/mol. The summed E-state index contributed by atoms with van der Waals surface area (Å²) in [5.74, 6) is -3.50. The van der Waals surface area contributed by atoms with E-state index in [1.165, 1.54) is 6.92 Å². The Kier molecular flexibility index (Phi) is 9.40. The van der Waals surface area contributed by atoms with Crippen LogP contribution in [0.3, 0.4) is 0 Å². The summed E-state index contributed by atoms with van der Waals surface area (Å²) in [6.07, 6.45) is -5.12. The molecule has 3 rings (SSSR count). The third-order valence-corrected chi connectivity index (χ3v) is 6.47. The van der Waals surface area contributed by atoms with E-state index in [9.17, 15) is 24.0 Å². The van der Waals surface area contributed by atoms with Crippen molar-refractivity contribution in [2.45, 2.75) is 58.3 Å². The summed E-state index contributed by atoms with van der Waals surface area (Å²) in [4.78, 5) is 62.3. The van der Waals surface area contributed by atoms with E-state index >= 15 is 0 Å². The molecule has 1 aromatic rings. The third kappa shape index (κ3) is 7.14. The molecule has 0 saturated carbocycles. The lowest BCUT2D eigenvalue weighted by Crippen LogP contribution is -2.66. The highest BCUT2D eigenvalue weighted by molar-refractivity contribution is 8.26. The Bertz CT molecular complexity index is 1120. The largest absolute Gasteiger partial charge is 0.463 e. The van der Waals surface area contributed by atoms with E-state index in [1.807, 2.05) is 18.2 Å². The molecule has 1 aromatic carbocycles. The average Bonchev–Trinajstić information content (AvgIpc) is 3.07. The van der Waals surface area contributed by atoms with Crippen molar-refractivity contribution in [1.29, 1.82) is 0 Å². The molecule has 2 aliphatic rings. The van der Waals surface area contributed by atoms with Gasteiger partial charge in [0.05, 0.1) is 4.91 Å². The van der Waals surface area contributed by atoms with Crippen molar-refractivity contribution >= 4 is 64.2 Å². The highest BCUT2D eigenvalue weighted by atomic mass is 32.2. The fraction of sp³-hybridized carbons (Fsp3) is 0.417. The van der Waals surface area contributed by atoms with Gasteiger partial charge in [0.15, 0.2) is 28.9 Å². The summed E-state index contributed by atoms with van der Waals surface area (Å²) in [6, 6.07) is 9.07. The number of thioether (sulfide) groups is 1. The van der Waals surface area contributed by atoms with Gasteiger partial charge in [0.1, 0.15) is 12.7 Å². The van der Waals surface area contributed by atoms with Crippen LogP contribution in [0.5, 0.6) is 0 Å². The Labute approximate surface area is 222 Å². The van der Waals surface area contributed by atoms with Crippen molar-refractivity contribution in [1.82, 2.24) is 4.90 Å². The standard InChI is InChI=1S/C24H25NO10S2/c1-12(26)31-11-17-19(32-13(2)27)20(33-14(3)28)21(34-15(4)29)23(35-17)25-22(30)18(37-24(25)36)10-16-8-6-5-7-9-16/h5-10,17,19-21,23H,11H2,1-4H3/t17-,19+,20-,21+,23+/m0/s1. The van der Waals surface area contributed by atoms with E-state index in [-0.39, 0.29) is 9.23 Å². The van der Waals surface area contributed by atoms with E-state index in [0.717, 1.165) is 43.0 Å². The normalized spacial score (nSPS) is 26.5. The van der Waals surface area contributed by atoms with Crippen molar-refractivity contribution in [3.63, 3.8) is 0 Å². The minimum atomic E-state index is -1.43. The van der Waals surface area contributed by atoms with E-state index in [4.69, 9.17) is 35.9 Å². The van der Waals surface area contributed by atoms with Crippen LogP contribution in [0.2, 0.25) is 0 Å². The molecule has 2 saturated heterocycles. The molecular formula is C24H25NO10S2. The molecule has 0 aromatic heterocycles. The average molecular weight is 552 g/mol. The fourth-order valence-corrected chi connectivity index (χ4v) is 5.12. The summed E-state index contributed by atoms with van der Waals surface area (Å²) >= 11 is 6.46. The van der Waals surface area contributed by atoms with E-state index in [1.54, 1.807) is 18.2 Å². The van der Waals surface area contributed by atoms with Crippen molar-refractivity contribution in [3.8, 4) is 0 Å². The second-order valence-corrected chi connectivity index (χ2v) is 9.73. The van der Waals surface area contributed by atoms with Gasteiger partial charge < -0.3 is 23.7 Å². The highest BCUT2D eigenvalue weighted by Gasteiger charge is 2.56. The summed E-state index contributed by atoms with van der Waals surface area (Å²) in [6.45, 7) is 4.11. The molecule has 198 valence electrons. The molecule has 0 spiro atoms. The number of thiocarbonyl (C=S) groups is 1. The Morgan fingerprint density at radius 1 is 0.919 bits per heavy atom. The molecule has 2 aliphatic heterocycles. The van der Waals surface area contributed by atoms with Crippen LogP contribution in [-0.2, 0) is 47.7 Å². The zero-order valence-corrected chi connectivity index (χ0v) is 22.0. The number of esters is 4. The van der Waals surface area contributed by atoms with Crippen LogP contribution in [0, 0.1) is 0 Å². The van der Waals surface area contributed by atoms with Gasteiger partial charge in [-0.1, -0.05) is 54.3 Å². The molecule has 11 nitrogen and oxygen atoms in total. The van der Waals surface area contributed by atoms with Gasteiger partial charge in [0.2, 0.25) is 0 Å². The number of nitrogens with zero attached hydrogens (tertiary/aromatic N) is 1. The number of hydrogen-bond acceptors (Lipinski definition) is 12. The maximum absolute atomic E-state index is 13.5. The lowest BCUT2D eigenvalue weighted by Gasteiger charge is -2.46. The molecule has 2 heterocycles. The Balaban J connectivity index is 2.05. The van der Waals surface area contributed by atoms with Crippen LogP contribution in [0.15, 0.2) is 35.2 Å². The monoisotopic (exact) mass is 551 g/mol. The van der Waals surface area contributed by atoms with Gasteiger partial charge in [-0.05, 0) is 11.6 Å². The first-order chi connectivity index (χ1) is 17.5. The van der Waals surface area contributed by atoms with Crippen LogP contribution in [0.1, 0.15) is 33.3 Å². The minimum Gasteiger partial charge on any atom is -0.463 e. The van der Waals surface area contributed by atoms with Crippen LogP contribution >= 0.6 is 24.0 Å². The van der Waals surface area contributed by atoms with Gasteiger partial charge in [-0.3, -0.25) is 28.9 Å². The summed E-state index contributed by atoms with van der Waals surface area (Å²) in [7, 11) is 0. The second-order valence-electron chi connectivity index (χ2n) is 8.05. The molecule has 37 heavy (non-hydrogen) atoms. The Morgan fingerprint density at radius 3 is 2.05 bits per heavy atom. The van der Waals surface area contributed by atoms with Crippen LogP contribution < -0.4 is 0 Å². The van der Waals surface area contributed by atoms with Gasteiger partial charge in [-0.25, -0.2) is 0 Å². The van der Waals surface area contributed by atoms with Crippen LogP contribution in [0.25, 0.3) is 6.08 Å². The molecule has 5 atom stereocenters. The van der Waals surface area contributed by atoms with Crippen molar-refractivity contribution in [2.75, 3.05) is 6.61 Å². The third-order valence-electron chi connectivity index (χ3n) is 5.14. The number of amides is 1. The minimum absolute atomic E-state index is 0.0908. The quantitative estimate of drug-likeness (QED) is 0.212. The number of carbonyl (C=O) groups is 5. The summed E-state index contributed by atoms with van der Waals surface area (Å²) < 4.78 is 27.4. The zero-order chi connectivity index (χ0) is 27.3. The van der Waals surface area contributed by atoms with E-state index in [2.05, 4.69) is 0 Å². The number of ether oxygens (including phenoxy) is 5. The smallest absolute Gasteiger partial charge is 0.303 e. The number of carbonyl (C=O) groups excluding carboxylic acids is 5. The maximum atomic E-state index is 13.5. The zero-order valence-electron chi connectivity index (χ0n) is 20.4. The van der Waals surface area contributed by atoms with Crippen molar-refractivity contribution < 1.29 is 47.7 Å². The Hall–Kier alpha value is -3.29. The molecule has 0 bridgehead atoms. The highest BCUT2D eigenvalue weighted by Crippen LogP contribution is 2.39. The number of benzene rings is 1. The van der Waals surface area contributed by atoms with Crippen molar-refractivity contribution in [2.24, 2.45) is 0 Å². The van der Waals surface area contributed by atoms with E-state index < -0.39 is 67.0 Å². The predicted molar refractivity (Wildman–Crippen MR) is 133 cm³/mol. The Morgan fingerprint density at radius 2 is 1.49 bits per heavy atom. The molecule has 0 radical (unpaired) electrons. The SMILES string of the molecule is CC(=O)OC[C@@H]1O[C@@H](N2C(=O)C(=Cc3ccccc3)SC2=S)[C@H](OC(C)=O)[C@@H](OC(C)=O)[C@@H]1OC(C)=O. The van der Waals surface area contributed by atoms with Gasteiger partial charge in [0.25, 0.3) is 5.91 Å². The predicted octanol–water partition coefficient (Wildman–Crippen LogP) is 1.97. The van der Waals surface area contributed by atoms with Crippen LogP contribution in [-0.4, -0.2) is 76.3 Å². The first-order valence-corrected chi connectivity index (χ1v) is 12.3. The first-order valence-electron chi connectivity index (χ1n) is 11.1. The lowest BCUT2D eigenvalue weighted by molar-refractivity contribution is -0.268. The first kappa shape index (κ1) is 28.3. The number of hydrogen-bond donors (Lipinski definition) is 0. The summed E-state index contributed by atoms with van der Waals surface area (Å²) in [5, 5.41) is 0. The second kappa shape index (κ2) is 12.3. The fourth-order valence-electron chi connectivity index (χ4n) is 3.81. The molecule has 0 aliphatic carbocycles. The lowest BCUT2D eigenvalue weighted by atomic mass is 9.96. The topological polar surface area (TPSA) is 135 Å². The molecule has 2 fully saturated rings. The molecule has 0 unspecified atom stereocenters. The van der Waals surface area contributed by atoms with Gasteiger partial charge in [-0.15, -0.1) is 0 Å². The summed E-state index contributed by atoms with van der Waals surface area (Å²) in [5.41, 5.74) is 0.754. The van der Waals surface area contributed by atoms with Gasteiger partial charge in [-0.2, -0.15) is 0 Å². The molecule has 13 heteroatoms. The van der Waals surface area contributed by atoms with Gasteiger partial charge in [0, 0.05) is 27.7 Å². The maximum Gasteiger partial charge on any atom is 0.303 e. The molecule has 0 N–H and O–H groups in total. The number of rotatable bonds is 7. The van der Waals surface area contributed by atoms with Gasteiger partial charge >= 0.3 is 23.9 Å². The van der Waals surface area contributed by atoms with Crippen molar-refractivity contribution in [3.05, 3.63) is 40.8 Å². The molecule has 1 amide bonds. The van der Waals surface area contributed by atoms with Crippen LogP contribution in [0.4, 0.5) is 0 Å².